The first-order chi connectivity index (χ1) is 7.86. The molecule has 2 heterocycles. The number of nitrogens with zero attached hydrogens (tertiary/aromatic N) is 2. The fraction of sp³-hybridized carbons (Fsp3) is 0.0833. The Morgan fingerprint density at radius 1 is 1.31 bits per heavy atom. The molecule has 1 aromatic carbocycles. The fourth-order valence-corrected chi connectivity index (χ4v) is 2.12. The predicted molar refractivity (Wildman–Crippen MR) is 68.1 cm³/mol. The molecule has 0 saturated heterocycles. The van der Waals surface area contributed by atoms with Gasteiger partial charge in [0.2, 0.25) is 5.62 Å². The Morgan fingerprint density at radius 3 is 3.12 bits per heavy atom. The van der Waals surface area contributed by atoms with E-state index < -0.39 is 0 Å². The van der Waals surface area contributed by atoms with Gasteiger partial charge in [-0.2, -0.15) is 0 Å². The number of allylic oxidation sites excluding steroid dienone is 1. The normalized spacial score (nSPS) is 19.6. The molecule has 80 valence electrons. The Balaban J connectivity index is 2.15. The fourth-order valence-electron chi connectivity index (χ4n) is 1.88. The lowest BCUT2D eigenvalue weighted by Crippen LogP contribution is -2.26. The highest BCUT2D eigenvalue weighted by atomic mass is 35.5. The van der Waals surface area contributed by atoms with Crippen molar-refractivity contribution in [3.8, 4) is 0 Å². The largest absolute Gasteiger partial charge is 0.361 e. The van der Waals surface area contributed by atoms with Crippen molar-refractivity contribution in [1.29, 1.82) is 0 Å². The molecular weight excluding hydrogens is 222 g/mol. The van der Waals surface area contributed by atoms with Crippen LogP contribution in [0.1, 0.15) is 0 Å². The Labute approximate surface area is 98.0 Å². The van der Waals surface area contributed by atoms with Gasteiger partial charge in [-0.05, 0) is 24.3 Å². The van der Waals surface area contributed by atoms with Gasteiger partial charge >= 0.3 is 0 Å². The number of rotatable bonds is 1. The highest BCUT2D eigenvalue weighted by molar-refractivity contribution is 6.23. The molecule has 3 nitrogen and oxygen atoms in total. The molecule has 0 amide bonds. The summed E-state index contributed by atoms with van der Waals surface area (Å²) in [6.45, 7) is 0. The summed E-state index contributed by atoms with van der Waals surface area (Å²) >= 11 is 6.15. The summed E-state index contributed by atoms with van der Waals surface area (Å²) in [5, 5.41) is 1.15. The third kappa shape index (κ3) is 1.41. The maximum absolute atomic E-state index is 6.15. The van der Waals surface area contributed by atoms with E-state index in [9.17, 15) is 0 Å². The Hall–Kier alpha value is -1.74. The van der Waals surface area contributed by atoms with Crippen LogP contribution in [0.25, 0.3) is 10.9 Å². The van der Waals surface area contributed by atoms with E-state index in [4.69, 9.17) is 11.6 Å². The molecule has 0 bridgehead atoms. The molecule has 0 aliphatic carbocycles. The van der Waals surface area contributed by atoms with E-state index in [0.29, 0.717) is 0 Å². The summed E-state index contributed by atoms with van der Waals surface area (Å²) in [4.78, 5) is 9.27. The van der Waals surface area contributed by atoms with E-state index >= 15 is 0 Å². The van der Waals surface area contributed by atoms with Crippen molar-refractivity contribution in [3.63, 3.8) is 0 Å². The van der Waals surface area contributed by atoms with Crippen LogP contribution in [0.2, 0.25) is 0 Å². The lowest BCUT2D eigenvalue weighted by Gasteiger charge is -2.25. The highest BCUT2D eigenvalue weighted by Gasteiger charge is 2.16. The van der Waals surface area contributed by atoms with Crippen molar-refractivity contribution in [2.45, 2.75) is 5.62 Å². The van der Waals surface area contributed by atoms with Crippen molar-refractivity contribution >= 4 is 34.4 Å². The number of fused-ring (bicyclic) bond motifs is 1. The molecular formula is C12H10ClN3. The molecule has 2 aromatic rings. The molecule has 3 rings (SSSR count). The van der Waals surface area contributed by atoms with Crippen LogP contribution >= 0.6 is 11.6 Å². The number of hydrogen-bond acceptors (Lipinski definition) is 2. The minimum absolute atomic E-state index is 0.370. The van der Waals surface area contributed by atoms with Crippen LogP contribution in [0.5, 0.6) is 0 Å². The van der Waals surface area contributed by atoms with Crippen molar-refractivity contribution < 1.29 is 0 Å². The first kappa shape index (κ1) is 9.48. The van der Waals surface area contributed by atoms with Crippen LogP contribution in [0.4, 0.5) is 5.69 Å². The first-order valence-electron chi connectivity index (χ1n) is 5.05. The minimum atomic E-state index is -0.370. The van der Waals surface area contributed by atoms with Crippen molar-refractivity contribution in [2.75, 3.05) is 4.90 Å². The molecule has 1 atom stereocenters. The number of aromatic amines is 1. The molecule has 0 radical (unpaired) electrons. The van der Waals surface area contributed by atoms with Gasteiger partial charge in [0.1, 0.15) is 0 Å². The Bertz CT molecular complexity index is 570. The van der Waals surface area contributed by atoms with Gasteiger partial charge < -0.3 is 9.88 Å². The molecule has 1 unspecified atom stereocenters. The number of alkyl halides is 1. The number of H-pyrrole nitrogens is 1. The van der Waals surface area contributed by atoms with Gasteiger partial charge in [0.25, 0.3) is 0 Å². The number of hydrogen-bond donors (Lipinski definition) is 1. The molecule has 1 aliphatic heterocycles. The van der Waals surface area contributed by atoms with E-state index in [1.807, 2.05) is 47.6 Å². The van der Waals surface area contributed by atoms with Gasteiger partial charge in [-0.15, -0.1) is 0 Å². The number of anilines is 1. The average Bonchev–Trinajstić information content (AvgIpc) is 2.77. The maximum Gasteiger partial charge on any atom is 0.201 e. The molecule has 0 fully saturated rings. The van der Waals surface area contributed by atoms with Crippen LogP contribution in [0, 0.1) is 0 Å². The van der Waals surface area contributed by atoms with Crippen LogP contribution in [-0.2, 0) is 0 Å². The van der Waals surface area contributed by atoms with E-state index in [0.717, 1.165) is 16.6 Å². The smallest absolute Gasteiger partial charge is 0.201 e. The highest BCUT2D eigenvalue weighted by Crippen LogP contribution is 2.29. The first-order valence-corrected chi connectivity index (χ1v) is 5.48. The third-order valence-corrected chi connectivity index (χ3v) is 2.94. The van der Waals surface area contributed by atoms with Crippen LogP contribution in [0.15, 0.2) is 47.7 Å². The third-order valence-electron chi connectivity index (χ3n) is 2.62. The Morgan fingerprint density at radius 2 is 2.25 bits per heavy atom. The topological polar surface area (TPSA) is 31.4 Å². The quantitative estimate of drug-likeness (QED) is 0.594. The predicted octanol–water partition coefficient (Wildman–Crippen LogP) is 3.09. The Kier molecular flexibility index (Phi) is 2.18. The molecule has 0 saturated carbocycles. The summed E-state index contributed by atoms with van der Waals surface area (Å²) in [5.41, 5.74) is 1.79. The molecule has 1 aromatic heterocycles. The lowest BCUT2D eigenvalue weighted by molar-refractivity contribution is 0.898. The summed E-state index contributed by atoms with van der Waals surface area (Å²) in [5.74, 6) is 0. The van der Waals surface area contributed by atoms with Crippen LogP contribution < -0.4 is 4.90 Å². The molecule has 0 spiro atoms. The van der Waals surface area contributed by atoms with Gasteiger partial charge in [-0.1, -0.05) is 17.7 Å². The molecule has 1 aliphatic rings. The van der Waals surface area contributed by atoms with Gasteiger partial charge in [0.05, 0.1) is 5.69 Å². The van der Waals surface area contributed by atoms with Gasteiger partial charge in [-0.3, -0.25) is 4.99 Å². The van der Waals surface area contributed by atoms with E-state index in [1.54, 1.807) is 6.21 Å². The zero-order valence-corrected chi connectivity index (χ0v) is 9.22. The van der Waals surface area contributed by atoms with Crippen molar-refractivity contribution in [3.05, 3.63) is 42.7 Å². The zero-order chi connectivity index (χ0) is 11.0. The second-order valence-electron chi connectivity index (χ2n) is 3.57. The number of nitrogens with one attached hydrogen (secondary N) is 1. The lowest BCUT2D eigenvalue weighted by atomic mass is 10.2. The molecule has 1 N–H and O–H groups in total. The number of aliphatic imine (C=N–C) groups is 1. The van der Waals surface area contributed by atoms with Crippen molar-refractivity contribution in [1.82, 2.24) is 4.98 Å². The summed E-state index contributed by atoms with van der Waals surface area (Å²) in [7, 11) is 0. The monoisotopic (exact) mass is 231 g/mol. The van der Waals surface area contributed by atoms with Crippen LogP contribution in [-0.4, -0.2) is 16.8 Å². The SMILES string of the molecule is ClC1N=CC=CN1c1cccc2[nH]ccc12. The zero-order valence-electron chi connectivity index (χ0n) is 8.47. The average molecular weight is 232 g/mol. The van der Waals surface area contributed by atoms with Crippen molar-refractivity contribution in [2.24, 2.45) is 4.99 Å². The minimum Gasteiger partial charge on any atom is -0.361 e. The van der Waals surface area contributed by atoms with Gasteiger partial charge in [0, 0.05) is 29.5 Å². The van der Waals surface area contributed by atoms with Gasteiger partial charge in [0.15, 0.2) is 0 Å². The summed E-state index contributed by atoms with van der Waals surface area (Å²) in [6, 6.07) is 8.13. The maximum atomic E-state index is 6.15. The standard InChI is InChI=1S/C12H10ClN3/c13-12-15-6-2-8-16(12)11-4-1-3-10-9(11)5-7-14-10/h1-8,12,14H. The van der Waals surface area contributed by atoms with Gasteiger partial charge in [-0.25, -0.2) is 0 Å². The summed E-state index contributed by atoms with van der Waals surface area (Å²) < 4.78 is 0. The molecule has 4 heteroatoms. The van der Waals surface area contributed by atoms with Crippen LogP contribution in [0.3, 0.4) is 0 Å². The number of halogens is 1. The molecule has 16 heavy (non-hydrogen) atoms. The second-order valence-corrected chi connectivity index (χ2v) is 3.96. The number of aromatic nitrogens is 1. The van der Waals surface area contributed by atoms with E-state index in [1.165, 1.54) is 0 Å². The summed E-state index contributed by atoms with van der Waals surface area (Å²) in [6.07, 6.45) is 7.45. The van der Waals surface area contributed by atoms with E-state index in [-0.39, 0.29) is 5.62 Å². The second kappa shape index (κ2) is 3.68. The van der Waals surface area contributed by atoms with E-state index in [2.05, 4.69) is 9.98 Å². The number of benzene rings is 1.